The molecular weight excluding hydrogens is 314 g/mol. The van der Waals surface area contributed by atoms with Crippen LogP contribution in [0.3, 0.4) is 0 Å². The van der Waals surface area contributed by atoms with Gasteiger partial charge in [-0.05, 0) is 0 Å². The average Bonchev–Trinajstić information content (AvgIpc) is 1.25. The van der Waals surface area contributed by atoms with Gasteiger partial charge in [0.1, 0.15) is 0 Å². The third-order valence-electron chi connectivity index (χ3n) is 0. The fraction of sp³-hybridized carbons (Fsp3) is 0. The van der Waals surface area contributed by atoms with E-state index in [2.05, 4.69) is 0 Å². The maximum Gasteiger partial charge on any atom is 1.00 e. The quantitative estimate of drug-likeness (QED) is 0.323. The Bertz CT molecular complexity index is 75.5. The predicted molar refractivity (Wildman–Crippen MR) is 15.2 cm³/mol. The van der Waals surface area contributed by atoms with E-state index in [1.54, 1.807) is 0 Å². The molecule has 0 aliphatic rings. The van der Waals surface area contributed by atoms with Crippen LogP contribution < -0.4 is 225 Å². The second-order valence-electron chi connectivity index (χ2n) is 0.447. The monoisotopic (exact) mass is 314 g/mol. The molecular formula is K4O6P2+2. The molecule has 0 amide bonds. The SMILES string of the molecule is O=[P+]([O-])[O-].O=[P+]([O-])[O-].[K+].[K+].[K+].[K+]. The molecule has 6 nitrogen and oxygen atoms in total. The Morgan fingerprint density at radius 1 is 0.583 bits per heavy atom. The van der Waals surface area contributed by atoms with E-state index in [0.717, 1.165) is 0 Å². The van der Waals surface area contributed by atoms with Gasteiger partial charge in [-0.15, -0.1) is 0 Å². The van der Waals surface area contributed by atoms with Crippen molar-refractivity contribution in [1.82, 2.24) is 0 Å². The van der Waals surface area contributed by atoms with Gasteiger partial charge in [-0.3, -0.25) is 0 Å². The Morgan fingerprint density at radius 3 is 0.583 bits per heavy atom. The molecule has 0 heterocycles. The van der Waals surface area contributed by atoms with E-state index in [0.29, 0.717) is 0 Å². The molecule has 0 atom stereocenters. The fourth-order valence-electron chi connectivity index (χ4n) is 0. The molecule has 0 unspecified atom stereocenters. The molecule has 0 spiro atoms. The van der Waals surface area contributed by atoms with E-state index in [4.69, 9.17) is 28.7 Å². The molecule has 0 saturated heterocycles. The number of rotatable bonds is 0. The van der Waals surface area contributed by atoms with Crippen molar-refractivity contribution in [2.45, 2.75) is 0 Å². The minimum absolute atomic E-state index is 0. The topological polar surface area (TPSA) is 126 Å². The van der Waals surface area contributed by atoms with E-state index < -0.39 is 16.5 Å². The maximum absolute atomic E-state index is 8.48. The van der Waals surface area contributed by atoms with Gasteiger partial charge >= 0.3 is 206 Å². The van der Waals surface area contributed by atoms with Crippen LogP contribution in [0.5, 0.6) is 0 Å². The van der Waals surface area contributed by atoms with Crippen LogP contribution in [-0.2, 0) is 9.13 Å². The molecule has 0 aromatic carbocycles. The summed E-state index contributed by atoms with van der Waals surface area (Å²) in [4.78, 5) is 33.9. The molecule has 0 bridgehead atoms. The van der Waals surface area contributed by atoms with Gasteiger partial charge < -0.3 is 19.6 Å². The van der Waals surface area contributed by atoms with Crippen molar-refractivity contribution in [3.8, 4) is 0 Å². The van der Waals surface area contributed by atoms with Gasteiger partial charge in [0.05, 0.1) is 0 Å². The molecule has 0 N–H and O–H groups in total. The van der Waals surface area contributed by atoms with Gasteiger partial charge in [0.15, 0.2) is 0 Å². The minimum Gasteiger partial charge on any atom is -0.598 e. The van der Waals surface area contributed by atoms with Gasteiger partial charge in [0.2, 0.25) is 0 Å². The Morgan fingerprint density at radius 2 is 0.583 bits per heavy atom. The van der Waals surface area contributed by atoms with Crippen LogP contribution in [0.1, 0.15) is 0 Å². The summed E-state index contributed by atoms with van der Waals surface area (Å²) in [5.41, 5.74) is 0. The number of hydrogen-bond acceptors (Lipinski definition) is 6. The van der Waals surface area contributed by atoms with Crippen LogP contribution in [-0.4, -0.2) is 0 Å². The van der Waals surface area contributed by atoms with Crippen LogP contribution in [0.2, 0.25) is 0 Å². The van der Waals surface area contributed by atoms with Crippen molar-refractivity contribution in [3.05, 3.63) is 0 Å². The summed E-state index contributed by atoms with van der Waals surface area (Å²) < 4.78 is 17.0. The van der Waals surface area contributed by atoms with Gasteiger partial charge in [0.25, 0.3) is 16.5 Å². The molecule has 0 aliphatic heterocycles. The Labute approximate surface area is 242 Å². The predicted octanol–water partition coefficient (Wildman–Crippen LogP) is -15.3. The first kappa shape index (κ1) is 36.3. The van der Waals surface area contributed by atoms with Crippen molar-refractivity contribution in [1.29, 1.82) is 0 Å². The third kappa shape index (κ3) is 92.9. The minimum atomic E-state index is -3.37. The molecule has 12 heteroatoms. The van der Waals surface area contributed by atoms with Crippen LogP contribution >= 0.6 is 16.5 Å². The van der Waals surface area contributed by atoms with Crippen LogP contribution in [0.15, 0.2) is 0 Å². The molecule has 0 radical (unpaired) electrons. The summed E-state index contributed by atoms with van der Waals surface area (Å²) in [6.07, 6.45) is 0. The molecule has 48 valence electrons. The summed E-state index contributed by atoms with van der Waals surface area (Å²) in [5, 5.41) is 0. The van der Waals surface area contributed by atoms with Crippen molar-refractivity contribution < 1.29 is 234 Å². The third-order valence-corrected chi connectivity index (χ3v) is 0. The Kier molecular flexibility index (Phi) is 92.3. The summed E-state index contributed by atoms with van der Waals surface area (Å²) in [5.74, 6) is 0. The molecule has 0 aliphatic carbocycles. The molecule has 0 aromatic rings. The van der Waals surface area contributed by atoms with Gasteiger partial charge in [-0.25, -0.2) is 0 Å². The summed E-state index contributed by atoms with van der Waals surface area (Å²) >= 11 is 0. The first-order valence-electron chi connectivity index (χ1n) is 1.10. The zero-order chi connectivity index (χ0) is 7.15. The van der Waals surface area contributed by atoms with Crippen molar-refractivity contribution in [2.75, 3.05) is 0 Å². The maximum atomic E-state index is 8.48. The van der Waals surface area contributed by atoms with Gasteiger partial charge in [-0.1, -0.05) is 9.13 Å². The number of hydrogen-bond donors (Lipinski definition) is 0. The zero-order valence-corrected chi connectivity index (χ0v) is 21.6. The molecule has 0 aromatic heterocycles. The van der Waals surface area contributed by atoms with E-state index in [9.17, 15) is 0 Å². The second kappa shape index (κ2) is 30.5. The largest absolute Gasteiger partial charge is 1.00 e. The first-order valence-corrected chi connectivity index (χ1v) is 3.29. The summed E-state index contributed by atoms with van der Waals surface area (Å²) in [6.45, 7) is 0. The van der Waals surface area contributed by atoms with Crippen LogP contribution in [0.25, 0.3) is 0 Å². The van der Waals surface area contributed by atoms with Gasteiger partial charge in [0, 0.05) is 0 Å². The normalized spacial score (nSPS) is 4.33. The smallest absolute Gasteiger partial charge is 0.598 e. The van der Waals surface area contributed by atoms with Crippen molar-refractivity contribution in [3.63, 3.8) is 0 Å². The van der Waals surface area contributed by atoms with Crippen molar-refractivity contribution in [2.24, 2.45) is 0 Å². The van der Waals surface area contributed by atoms with Crippen LogP contribution in [0, 0.1) is 0 Å². The van der Waals surface area contributed by atoms with Gasteiger partial charge in [-0.2, -0.15) is 0 Å². The Balaban J connectivity index is -0.0000000112. The van der Waals surface area contributed by atoms with E-state index in [1.165, 1.54) is 0 Å². The molecule has 0 rings (SSSR count). The van der Waals surface area contributed by atoms with Crippen LogP contribution in [0.4, 0.5) is 0 Å². The fourth-order valence-corrected chi connectivity index (χ4v) is 0. The Hall–Kier alpha value is 6.59. The standard InChI is InChI=1S/4K.2HO3P/c;;;;2*1-4(2)3/h;;;;2*(H,1,2,3)/q4*+1;;/p-2. The van der Waals surface area contributed by atoms with E-state index >= 15 is 0 Å². The summed E-state index contributed by atoms with van der Waals surface area (Å²) in [7, 11) is -6.74. The molecule has 12 heavy (non-hydrogen) atoms. The molecule has 0 saturated carbocycles. The van der Waals surface area contributed by atoms with E-state index in [-0.39, 0.29) is 206 Å². The zero-order valence-electron chi connectivity index (χ0n) is 7.34. The first-order chi connectivity index (χ1) is 3.46. The van der Waals surface area contributed by atoms with Crippen molar-refractivity contribution >= 4 is 16.5 Å². The summed E-state index contributed by atoms with van der Waals surface area (Å²) in [6, 6.07) is 0. The van der Waals surface area contributed by atoms with E-state index in [1.807, 2.05) is 0 Å². The second-order valence-corrected chi connectivity index (χ2v) is 1.34. The molecule has 0 fully saturated rings. The average molecular weight is 314 g/mol.